The van der Waals surface area contributed by atoms with E-state index < -0.39 is 0 Å². The van der Waals surface area contributed by atoms with Crippen molar-refractivity contribution in [3.05, 3.63) is 64.4 Å². The van der Waals surface area contributed by atoms with Crippen molar-refractivity contribution in [2.45, 2.75) is 26.9 Å². The number of carbonyl (C=O) groups is 1. The highest BCUT2D eigenvalue weighted by atomic mass is 32.1. The van der Waals surface area contributed by atoms with Crippen molar-refractivity contribution in [2.24, 2.45) is 0 Å². The number of piperazine rings is 1. The molecule has 3 heterocycles. The smallest absolute Gasteiger partial charge is 0.237 e. The normalized spacial score (nSPS) is 15.5. The van der Waals surface area contributed by atoms with E-state index in [0.717, 1.165) is 29.4 Å². The Morgan fingerprint density at radius 1 is 1.15 bits per heavy atom. The van der Waals surface area contributed by atoms with Gasteiger partial charge in [-0.25, -0.2) is 4.98 Å². The first-order valence-corrected chi connectivity index (χ1v) is 10.0. The molecule has 0 aliphatic carbocycles. The molecule has 0 atom stereocenters. The third-order valence-electron chi connectivity index (χ3n) is 4.85. The number of oxazole rings is 1. The number of nitrogens with zero attached hydrogens (tertiary/aromatic N) is 3. The average molecular weight is 382 g/mol. The van der Waals surface area contributed by atoms with Gasteiger partial charge in [0.1, 0.15) is 5.76 Å². The Morgan fingerprint density at radius 2 is 2.04 bits per heavy atom. The molecule has 0 N–H and O–H groups in total. The molecule has 1 aliphatic heterocycles. The number of hydrogen-bond donors (Lipinski definition) is 0. The summed E-state index contributed by atoms with van der Waals surface area (Å²) in [5.74, 6) is 1.66. The minimum atomic E-state index is 0.169. The molecule has 5 nitrogen and oxygen atoms in total. The van der Waals surface area contributed by atoms with Gasteiger partial charge in [-0.3, -0.25) is 9.69 Å². The lowest BCUT2D eigenvalue weighted by Crippen LogP contribution is -2.49. The predicted molar refractivity (Wildman–Crippen MR) is 106 cm³/mol. The molecule has 1 amide bonds. The molecule has 0 radical (unpaired) electrons. The van der Waals surface area contributed by atoms with Crippen LogP contribution in [0.15, 0.2) is 46.2 Å². The topological polar surface area (TPSA) is 49.6 Å². The van der Waals surface area contributed by atoms with E-state index in [0.29, 0.717) is 25.5 Å². The minimum Gasteiger partial charge on any atom is -0.440 e. The minimum absolute atomic E-state index is 0.169. The first kappa shape index (κ1) is 17.9. The first-order chi connectivity index (χ1) is 13.1. The maximum atomic E-state index is 12.6. The zero-order valence-electron chi connectivity index (χ0n) is 15.6. The summed E-state index contributed by atoms with van der Waals surface area (Å²) in [7, 11) is 0. The van der Waals surface area contributed by atoms with Crippen LogP contribution in [0, 0.1) is 13.8 Å². The molecule has 27 heavy (non-hydrogen) atoms. The quantitative estimate of drug-likeness (QED) is 0.673. The van der Waals surface area contributed by atoms with E-state index in [1.807, 2.05) is 35.4 Å². The van der Waals surface area contributed by atoms with Crippen molar-refractivity contribution < 1.29 is 9.21 Å². The van der Waals surface area contributed by atoms with Crippen LogP contribution in [0.2, 0.25) is 0 Å². The Bertz CT molecular complexity index is 933. The number of carbonyl (C=O) groups excluding carboxylic acids is 1. The Morgan fingerprint density at radius 3 is 2.78 bits per heavy atom. The molecule has 3 aromatic rings. The van der Waals surface area contributed by atoms with Crippen molar-refractivity contribution in [2.75, 3.05) is 19.6 Å². The van der Waals surface area contributed by atoms with Crippen molar-refractivity contribution >= 4 is 17.2 Å². The molecule has 2 aromatic heterocycles. The van der Waals surface area contributed by atoms with Crippen LogP contribution in [-0.2, 0) is 17.9 Å². The molecular weight excluding hydrogens is 358 g/mol. The van der Waals surface area contributed by atoms with Gasteiger partial charge >= 0.3 is 0 Å². The summed E-state index contributed by atoms with van der Waals surface area (Å²) in [4.78, 5) is 22.4. The van der Waals surface area contributed by atoms with Crippen LogP contribution in [0.5, 0.6) is 0 Å². The van der Waals surface area contributed by atoms with Crippen LogP contribution in [-0.4, -0.2) is 40.3 Å². The van der Waals surface area contributed by atoms with E-state index in [2.05, 4.69) is 35.0 Å². The fourth-order valence-electron chi connectivity index (χ4n) is 3.38. The van der Waals surface area contributed by atoms with E-state index in [-0.39, 0.29) is 5.91 Å². The predicted octanol–water partition coefficient (Wildman–Crippen LogP) is 3.86. The number of aryl methyl sites for hydroxylation is 2. The summed E-state index contributed by atoms with van der Waals surface area (Å²) < 4.78 is 5.82. The van der Waals surface area contributed by atoms with E-state index in [4.69, 9.17) is 4.42 Å². The summed E-state index contributed by atoms with van der Waals surface area (Å²) in [6.45, 7) is 7.35. The molecule has 1 saturated heterocycles. The van der Waals surface area contributed by atoms with Gasteiger partial charge < -0.3 is 9.32 Å². The molecule has 4 rings (SSSR count). The van der Waals surface area contributed by atoms with Crippen LogP contribution in [0.1, 0.15) is 22.6 Å². The Hall–Kier alpha value is -2.44. The maximum Gasteiger partial charge on any atom is 0.237 e. The highest BCUT2D eigenvalue weighted by molar-refractivity contribution is 7.13. The lowest BCUT2D eigenvalue weighted by atomic mass is 10.1. The van der Waals surface area contributed by atoms with Gasteiger partial charge in [-0.2, -0.15) is 0 Å². The fraction of sp³-hybridized carbons (Fsp3) is 0.333. The van der Waals surface area contributed by atoms with Gasteiger partial charge in [-0.1, -0.05) is 35.9 Å². The second-order valence-corrected chi connectivity index (χ2v) is 7.96. The summed E-state index contributed by atoms with van der Waals surface area (Å²) >= 11 is 1.62. The van der Waals surface area contributed by atoms with Gasteiger partial charge in [0, 0.05) is 26.2 Å². The number of amides is 1. The zero-order chi connectivity index (χ0) is 18.8. The summed E-state index contributed by atoms with van der Waals surface area (Å²) in [6.07, 6.45) is 0. The van der Waals surface area contributed by atoms with E-state index in [1.165, 1.54) is 11.1 Å². The van der Waals surface area contributed by atoms with Gasteiger partial charge in [0.2, 0.25) is 11.8 Å². The van der Waals surface area contributed by atoms with Crippen LogP contribution in [0.25, 0.3) is 10.8 Å². The standard InChI is InChI=1S/C21H23N3O2S/c1-15-5-3-6-17(11-15)12-24-9-8-23(14-20(24)25)13-18-16(2)26-21(22-18)19-7-4-10-27-19/h3-7,10-11H,8-9,12-14H2,1-2H3. The monoisotopic (exact) mass is 381 g/mol. The van der Waals surface area contributed by atoms with Gasteiger partial charge in [-0.15, -0.1) is 11.3 Å². The molecule has 0 saturated carbocycles. The van der Waals surface area contributed by atoms with Crippen LogP contribution in [0.3, 0.4) is 0 Å². The Labute approximate surface area is 163 Å². The molecule has 140 valence electrons. The van der Waals surface area contributed by atoms with Crippen LogP contribution >= 0.6 is 11.3 Å². The molecule has 0 unspecified atom stereocenters. The summed E-state index contributed by atoms with van der Waals surface area (Å²) in [5, 5.41) is 2.01. The highest BCUT2D eigenvalue weighted by Crippen LogP contribution is 2.26. The van der Waals surface area contributed by atoms with Crippen molar-refractivity contribution in [1.82, 2.24) is 14.8 Å². The third kappa shape index (κ3) is 4.12. The van der Waals surface area contributed by atoms with Gasteiger partial charge in [0.15, 0.2) is 0 Å². The third-order valence-corrected chi connectivity index (χ3v) is 5.71. The number of rotatable bonds is 5. The van der Waals surface area contributed by atoms with Crippen molar-refractivity contribution in [1.29, 1.82) is 0 Å². The molecule has 1 aromatic carbocycles. The Balaban J connectivity index is 1.38. The SMILES string of the molecule is Cc1cccc(CN2CCN(Cc3nc(-c4cccs4)oc3C)CC2=O)c1. The van der Waals surface area contributed by atoms with Crippen molar-refractivity contribution in [3.8, 4) is 10.8 Å². The second kappa shape index (κ2) is 7.66. The molecule has 0 bridgehead atoms. The van der Waals surface area contributed by atoms with Gasteiger partial charge in [0.05, 0.1) is 17.1 Å². The number of hydrogen-bond acceptors (Lipinski definition) is 5. The summed E-state index contributed by atoms with van der Waals surface area (Å²) in [6, 6.07) is 12.3. The average Bonchev–Trinajstić information content (AvgIpc) is 3.28. The number of thiophene rings is 1. The van der Waals surface area contributed by atoms with Crippen LogP contribution < -0.4 is 0 Å². The molecule has 1 aliphatic rings. The van der Waals surface area contributed by atoms with Crippen LogP contribution in [0.4, 0.5) is 0 Å². The number of benzene rings is 1. The molecule has 1 fully saturated rings. The highest BCUT2D eigenvalue weighted by Gasteiger charge is 2.25. The maximum absolute atomic E-state index is 12.6. The molecular formula is C21H23N3O2S. The van der Waals surface area contributed by atoms with Gasteiger partial charge in [0.25, 0.3) is 0 Å². The fourth-order valence-corrected chi connectivity index (χ4v) is 4.03. The summed E-state index contributed by atoms with van der Waals surface area (Å²) in [5.41, 5.74) is 3.32. The van der Waals surface area contributed by atoms with E-state index in [9.17, 15) is 4.79 Å². The molecule has 6 heteroatoms. The van der Waals surface area contributed by atoms with Crippen molar-refractivity contribution in [3.63, 3.8) is 0 Å². The lowest BCUT2D eigenvalue weighted by molar-refractivity contribution is -0.136. The number of aromatic nitrogens is 1. The first-order valence-electron chi connectivity index (χ1n) is 9.14. The van der Waals surface area contributed by atoms with E-state index in [1.54, 1.807) is 11.3 Å². The molecule has 0 spiro atoms. The largest absolute Gasteiger partial charge is 0.440 e. The Kier molecular flexibility index (Phi) is 5.09. The van der Waals surface area contributed by atoms with E-state index >= 15 is 0 Å². The lowest BCUT2D eigenvalue weighted by Gasteiger charge is -2.34. The second-order valence-electron chi connectivity index (χ2n) is 7.01. The van der Waals surface area contributed by atoms with Gasteiger partial charge in [-0.05, 0) is 30.9 Å². The zero-order valence-corrected chi connectivity index (χ0v) is 16.5.